The van der Waals surface area contributed by atoms with Gasteiger partial charge in [-0.25, -0.2) is 9.59 Å². The normalized spacial score (nSPS) is 11.4. The Bertz CT molecular complexity index is 251. The molecule has 1 N–H and O–H groups in total. The van der Waals surface area contributed by atoms with E-state index in [9.17, 15) is 14.4 Å². The Labute approximate surface area is 87.9 Å². The first kappa shape index (κ1) is 13.4. The van der Waals surface area contributed by atoms with E-state index in [2.05, 4.69) is 14.8 Å². The van der Waals surface area contributed by atoms with Crippen LogP contribution in [0.2, 0.25) is 0 Å². The lowest BCUT2D eigenvalue weighted by atomic mass is 10.3. The minimum atomic E-state index is -1.01. The molecule has 6 nitrogen and oxygen atoms in total. The van der Waals surface area contributed by atoms with Crippen molar-refractivity contribution >= 4 is 17.8 Å². The Hall–Kier alpha value is -1.59. The van der Waals surface area contributed by atoms with E-state index in [0.717, 1.165) is 0 Å². The lowest BCUT2D eigenvalue weighted by Crippen LogP contribution is -2.43. The van der Waals surface area contributed by atoms with Gasteiger partial charge in [0, 0.05) is 0 Å². The van der Waals surface area contributed by atoms with Crippen molar-refractivity contribution in [2.24, 2.45) is 0 Å². The second kappa shape index (κ2) is 6.80. The van der Waals surface area contributed by atoms with Crippen molar-refractivity contribution in [3.05, 3.63) is 0 Å². The molecular weight excluding hydrogens is 202 g/mol. The van der Waals surface area contributed by atoms with E-state index < -0.39 is 23.9 Å². The van der Waals surface area contributed by atoms with Gasteiger partial charge in [-0.05, 0) is 20.8 Å². The number of carbonyl (C=O) groups is 3. The largest absolute Gasteiger partial charge is 0.464 e. The van der Waals surface area contributed by atoms with E-state index in [4.69, 9.17) is 0 Å². The zero-order valence-corrected chi connectivity index (χ0v) is 9.03. The van der Waals surface area contributed by atoms with Crippen LogP contribution in [0.25, 0.3) is 0 Å². The van der Waals surface area contributed by atoms with Gasteiger partial charge in [0.05, 0.1) is 13.2 Å². The number of nitrogens with one attached hydrogen (secondary N) is 1. The molecule has 1 unspecified atom stereocenters. The van der Waals surface area contributed by atoms with Gasteiger partial charge in [0.1, 0.15) is 6.04 Å². The Morgan fingerprint density at radius 1 is 1.13 bits per heavy atom. The molecule has 1 atom stereocenters. The monoisotopic (exact) mass is 217 g/mol. The van der Waals surface area contributed by atoms with Crippen LogP contribution in [0.1, 0.15) is 20.8 Å². The number of esters is 2. The third-order valence-corrected chi connectivity index (χ3v) is 1.45. The molecule has 0 aliphatic carbocycles. The molecule has 0 fully saturated rings. The molecule has 0 spiro atoms. The van der Waals surface area contributed by atoms with E-state index in [1.807, 2.05) is 0 Å². The number of hydrogen-bond donors (Lipinski definition) is 1. The topological polar surface area (TPSA) is 81.7 Å². The van der Waals surface area contributed by atoms with Crippen molar-refractivity contribution < 1.29 is 23.9 Å². The summed E-state index contributed by atoms with van der Waals surface area (Å²) >= 11 is 0. The van der Waals surface area contributed by atoms with Crippen molar-refractivity contribution in [3.8, 4) is 0 Å². The highest BCUT2D eigenvalue weighted by atomic mass is 16.5. The quantitative estimate of drug-likeness (QED) is 0.512. The van der Waals surface area contributed by atoms with Crippen LogP contribution in [-0.2, 0) is 23.9 Å². The molecule has 0 radical (unpaired) electrons. The zero-order chi connectivity index (χ0) is 11.8. The molecule has 15 heavy (non-hydrogen) atoms. The van der Waals surface area contributed by atoms with Gasteiger partial charge in [0.25, 0.3) is 0 Å². The molecular formula is C9H15NO5. The van der Waals surface area contributed by atoms with Gasteiger partial charge in [0.15, 0.2) is 0 Å². The predicted molar refractivity (Wildman–Crippen MR) is 50.9 cm³/mol. The van der Waals surface area contributed by atoms with E-state index in [1.165, 1.54) is 6.92 Å². The molecule has 0 bridgehead atoms. The van der Waals surface area contributed by atoms with E-state index in [1.54, 1.807) is 13.8 Å². The van der Waals surface area contributed by atoms with Crippen LogP contribution in [0.4, 0.5) is 0 Å². The Morgan fingerprint density at radius 2 is 1.67 bits per heavy atom. The van der Waals surface area contributed by atoms with Crippen LogP contribution >= 0.6 is 0 Å². The summed E-state index contributed by atoms with van der Waals surface area (Å²) in [4.78, 5) is 33.0. The average molecular weight is 217 g/mol. The van der Waals surface area contributed by atoms with Crippen molar-refractivity contribution in [2.75, 3.05) is 13.2 Å². The van der Waals surface area contributed by atoms with Crippen molar-refractivity contribution in [3.63, 3.8) is 0 Å². The highest BCUT2D eigenvalue weighted by Gasteiger charge is 2.21. The molecule has 0 rings (SSSR count). The molecule has 86 valence electrons. The van der Waals surface area contributed by atoms with E-state index in [0.29, 0.717) is 0 Å². The number of amides is 1. The van der Waals surface area contributed by atoms with Crippen LogP contribution in [-0.4, -0.2) is 37.1 Å². The molecule has 0 aromatic rings. The number of rotatable bonds is 4. The van der Waals surface area contributed by atoms with Crippen LogP contribution < -0.4 is 5.32 Å². The van der Waals surface area contributed by atoms with Crippen LogP contribution in [0.15, 0.2) is 0 Å². The Balaban J connectivity index is 4.06. The highest BCUT2D eigenvalue weighted by Crippen LogP contribution is 1.89. The standard InChI is InChI=1S/C9H15NO5/c1-4-14-8(12)6(3)10-7(11)9(13)15-5-2/h6H,4-5H2,1-3H3,(H,10,11). The van der Waals surface area contributed by atoms with Crippen molar-refractivity contribution in [2.45, 2.75) is 26.8 Å². The lowest BCUT2D eigenvalue weighted by Gasteiger charge is -2.11. The molecule has 0 aliphatic rings. The number of carbonyl (C=O) groups excluding carboxylic acids is 3. The molecule has 0 aromatic carbocycles. The van der Waals surface area contributed by atoms with E-state index in [-0.39, 0.29) is 13.2 Å². The minimum Gasteiger partial charge on any atom is -0.464 e. The molecule has 0 aliphatic heterocycles. The minimum absolute atomic E-state index is 0.111. The van der Waals surface area contributed by atoms with Gasteiger partial charge in [-0.3, -0.25) is 4.79 Å². The second-order valence-corrected chi connectivity index (χ2v) is 2.67. The van der Waals surface area contributed by atoms with Gasteiger partial charge < -0.3 is 14.8 Å². The molecule has 0 heterocycles. The second-order valence-electron chi connectivity index (χ2n) is 2.67. The predicted octanol–water partition coefficient (Wildman–Crippen LogP) is -0.383. The summed E-state index contributed by atoms with van der Waals surface area (Å²) in [6, 6.07) is -0.859. The maximum absolute atomic E-state index is 11.1. The average Bonchev–Trinajstić information content (AvgIpc) is 2.18. The number of hydrogen-bond acceptors (Lipinski definition) is 5. The zero-order valence-electron chi connectivity index (χ0n) is 9.03. The van der Waals surface area contributed by atoms with Gasteiger partial charge in [-0.15, -0.1) is 0 Å². The van der Waals surface area contributed by atoms with Gasteiger partial charge >= 0.3 is 17.8 Å². The summed E-state index contributed by atoms with van der Waals surface area (Å²) in [7, 11) is 0. The maximum atomic E-state index is 11.1. The van der Waals surface area contributed by atoms with Crippen LogP contribution in [0.3, 0.4) is 0 Å². The fraction of sp³-hybridized carbons (Fsp3) is 0.667. The van der Waals surface area contributed by atoms with Crippen molar-refractivity contribution in [1.29, 1.82) is 0 Å². The van der Waals surface area contributed by atoms with Gasteiger partial charge in [-0.2, -0.15) is 0 Å². The smallest absolute Gasteiger partial charge is 0.396 e. The molecule has 0 saturated carbocycles. The third-order valence-electron chi connectivity index (χ3n) is 1.45. The maximum Gasteiger partial charge on any atom is 0.396 e. The summed E-state index contributed by atoms with van der Waals surface area (Å²) in [5.74, 6) is -2.54. The summed E-state index contributed by atoms with van der Waals surface area (Å²) < 4.78 is 9.08. The number of ether oxygens (including phenoxy) is 2. The molecule has 0 aromatic heterocycles. The SMILES string of the molecule is CCOC(=O)C(=O)NC(C)C(=O)OCC. The Morgan fingerprint density at radius 3 is 2.13 bits per heavy atom. The first-order valence-corrected chi connectivity index (χ1v) is 4.67. The summed E-state index contributed by atoms with van der Waals surface area (Å²) in [5.41, 5.74) is 0. The Kier molecular flexibility index (Phi) is 6.08. The fourth-order valence-electron chi connectivity index (χ4n) is 0.778. The summed E-state index contributed by atoms with van der Waals surface area (Å²) in [6.45, 7) is 4.99. The van der Waals surface area contributed by atoms with Crippen LogP contribution in [0.5, 0.6) is 0 Å². The van der Waals surface area contributed by atoms with Crippen molar-refractivity contribution in [1.82, 2.24) is 5.32 Å². The van der Waals surface area contributed by atoms with Gasteiger partial charge in [0.2, 0.25) is 0 Å². The van der Waals surface area contributed by atoms with Crippen LogP contribution in [0, 0.1) is 0 Å². The van der Waals surface area contributed by atoms with E-state index >= 15 is 0 Å². The summed E-state index contributed by atoms with van der Waals surface area (Å²) in [5, 5.41) is 2.16. The molecule has 1 amide bonds. The van der Waals surface area contributed by atoms with Gasteiger partial charge in [-0.1, -0.05) is 0 Å². The third kappa shape index (κ3) is 4.99. The first-order chi connectivity index (χ1) is 7.02. The fourth-order valence-corrected chi connectivity index (χ4v) is 0.778. The first-order valence-electron chi connectivity index (χ1n) is 4.67. The molecule has 0 saturated heterocycles. The summed E-state index contributed by atoms with van der Waals surface area (Å²) in [6.07, 6.45) is 0. The highest BCUT2D eigenvalue weighted by molar-refractivity contribution is 6.32. The lowest BCUT2D eigenvalue weighted by molar-refractivity contribution is -0.156. The molecule has 6 heteroatoms.